The molecule has 0 aromatic heterocycles. The molecule has 1 aromatic carbocycles. The first-order valence-electron chi connectivity index (χ1n) is 6.32. The Hall–Kier alpha value is -1.75. The number of hydrogen-bond acceptors (Lipinski definition) is 4. The van der Waals surface area contributed by atoms with Gasteiger partial charge >= 0.3 is 0 Å². The van der Waals surface area contributed by atoms with Gasteiger partial charge in [-0.1, -0.05) is 13.8 Å². The van der Waals surface area contributed by atoms with Gasteiger partial charge in [-0.15, -0.1) is 0 Å². The second kappa shape index (κ2) is 7.63. The van der Waals surface area contributed by atoms with E-state index in [-0.39, 0.29) is 5.91 Å². The minimum absolute atomic E-state index is 0.165. The highest BCUT2D eigenvalue weighted by molar-refractivity contribution is 5.97. The van der Waals surface area contributed by atoms with Gasteiger partial charge in [0.2, 0.25) is 0 Å². The Balaban J connectivity index is 2.64. The third-order valence-corrected chi connectivity index (χ3v) is 2.61. The molecule has 1 amide bonds. The molecule has 2 N–H and O–H groups in total. The molecule has 0 bridgehead atoms. The van der Waals surface area contributed by atoms with Crippen LogP contribution in [-0.2, 0) is 0 Å². The lowest BCUT2D eigenvalue weighted by Gasteiger charge is -2.12. The molecule has 1 aromatic rings. The van der Waals surface area contributed by atoms with Crippen LogP contribution in [0.25, 0.3) is 0 Å². The van der Waals surface area contributed by atoms with Crippen LogP contribution in [0.3, 0.4) is 0 Å². The molecule has 0 radical (unpaired) electrons. The molecule has 0 aliphatic carbocycles. The summed E-state index contributed by atoms with van der Waals surface area (Å²) in [6.45, 7) is 5.42. The molecular formula is C14H22N2O3. The maximum absolute atomic E-state index is 12.1. The lowest BCUT2D eigenvalue weighted by atomic mass is 10.1. The predicted molar refractivity (Wildman–Crippen MR) is 75.0 cm³/mol. The first-order chi connectivity index (χ1) is 9.08. The van der Waals surface area contributed by atoms with Gasteiger partial charge in [-0.2, -0.15) is 0 Å². The smallest absolute Gasteiger partial charge is 0.255 e. The summed E-state index contributed by atoms with van der Waals surface area (Å²) in [5.41, 5.74) is 0.478. The summed E-state index contributed by atoms with van der Waals surface area (Å²) in [5.74, 6) is 1.00. The van der Waals surface area contributed by atoms with E-state index in [4.69, 9.17) is 9.47 Å². The summed E-state index contributed by atoms with van der Waals surface area (Å²) in [6.07, 6.45) is 0. The van der Waals surface area contributed by atoms with E-state index in [1.807, 2.05) is 0 Å². The molecule has 0 unspecified atom stereocenters. The van der Waals surface area contributed by atoms with Crippen molar-refractivity contribution in [3.05, 3.63) is 23.8 Å². The Kier molecular flexibility index (Phi) is 6.15. The fourth-order valence-corrected chi connectivity index (χ4v) is 1.62. The number of carbonyl (C=O) groups excluding carboxylic acids is 1. The average Bonchev–Trinajstić information content (AvgIpc) is 2.42. The Morgan fingerprint density at radius 2 is 1.95 bits per heavy atom. The van der Waals surface area contributed by atoms with Crippen LogP contribution < -0.4 is 20.1 Å². The van der Waals surface area contributed by atoms with E-state index >= 15 is 0 Å². The van der Waals surface area contributed by atoms with Crippen LogP contribution in [0, 0.1) is 0 Å². The van der Waals surface area contributed by atoms with E-state index in [0.717, 1.165) is 6.54 Å². The molecule has 1 rings (SSSR count). The van der Waals surface area contributed by atoms with E-state index in [1.165, 1.54) is 0 Å². The highest BCUT2D eigenvalue weighted by Gasteiger charge is 2.12. The highest BCUT2D eigenvalue weighted by Crippen LogP contribution is 2.23. The van der Waals surface area contributed by atoms with Crippen molar-refractivity contribution in [1.82, 2.24) is 10.6 Å². The minimum Gasteiger partial charge on any atom is -0.497 e. The normalized spacial score (nSPS) is 10.4. The van der Waals surface area contributed by atoms with Gasteiger partial charge in [-0.05, 0) is 18.2 Å². The van der Waals surface area contributed by atoms with Crippen molar-refractivity contribution in [1.29, 1.82) is 0 Å². The number of nitrogens with one attached hydrogen (secondary N) is 2. The van der Waals surface area contributed by atoms with E-state index in [9.17, 15) is 4.79 Å². The van der Waals surface area contributed by atoms with Crippen LogP contribution in [0.2, 0.25) is 0 Å². The molecule has 0 heterocycles. The fourth-order valence-electron chi connectivity index (χ4n) is 1.62. The lowest BCUT2D eigenvalue weighted by molar-refractivity contribution is 0.0950. The maximum Gasteiger partial charge on any atom is 0.255 e. The molecular weight excluding hydrogens is 244 g/mol. The van der Waals surface area contributed by atoms with Gasteiger partial charge in [0, 0.05) is 19.1 Å². The van der Waals surface area contributed by atoms with E-state index in [2.05, 4.69) is 24.5 Å². The van der Waals surface area contributed by atoms with Crippen molar-refractivity contribution in [3.8, 4) is 11.5 Å². The summed E-state index contributed by atoms with van der Waals surface area (Å²) in [5, 5.41) is 6.08. The van der Waals surface area contributed by atoms with Crippen LogP contribution in [-0.4, -0.2) is 39.3 Å². The number of amides is 1. The Bertz CT molecular complexity index is 419. The van der Waals surface area contributed by atoms with Gasteiger partial charge < -0.3 is 20.1 Å². The largest absolute Gasteiger partial charge is 0.497 e. The number of hydrogen-bond donors (Lipinski definition) is 2. The average molecular weight is 266 g/mol. The Labute approximate surface area is 114 Å². The topological polar surface area (TPSA) is 59.6 Å². The summed E-state index contributed by atoms with van der Waals surface area (Å²) in [4.78, 5) is 12.1. The standard InChI is InChI=1S/C14H22N2O3/c1-10(2)15-7-8-16-14(17)12-9-11(18-3)5-6-13(12)19-4/h5-6,9-10,15H,7-8H2,1-4H3,(H,16,17). The van der Waals surface area contributed by atoms with E-state index in [1.54, 1.807) is 32.4 Å². The van der Waals surface area contributed by atoms with Crippen molar-refractivity contribution < 1.29 is 14.3 Å². The van der Waals surface area contributed by atoms with Gasteiger partial charge in [0.15, 0.2) is 0 Å². The molecule has 0 saturated heterocycles. The lowest BCUT2D eigenvalue weighted by Crippen LogP contribution is -2.34. The van der Waals surface area contributed by atoms with Crippen LogP contribution in [0.15, 0.2) is 18.2 Å². The summed E-state index contributed by atoms with van der Waals surface area (Å²) in [6, 6.07) is 5.56. The molecule has 5 nitrogen and oxygen atoms in total. The number of rotatable bonds is 7. The van der Waals surface area contributed by atoms with Crippen LogP contribution >= 0.6 is 0 Å². The van der Waals surface area contributed by atoms with Gasteiger partial charge in [0.05, 0.1) is 19.8 Å². The fraction of sp³-hybridized carbons (Fsp3) is 0.500. The Morgan fingerprint density at radius 1 is 1.21 bits per heavy atom. The third-order valence-electron chi connectivity index (χ3n) is 2.61. The summed E-state index contributed by atoms with van der Waals surface area (Å²) in [7, 11) is 3.11. The zero-order chi connectivity index (χ0) is 14.3. The maximum atomic E-state index is 12.1. The first kappa shape index (κ1) is 15.3. The van der Waals surface area contributed by atoms with Gasteiger partial charge in [-0.3, -0.25) is 4.79 Å². The zero-order valence-electron chi connectivity index (χ0n) is 11.9. The Morgan fingerprint density at radius 3 is 2.53 bits per heavy atom. The van der Waals surface area contributed by atoms with Crippen molar-refractivity contribution in [2.45, 2.75) is 19.9 Å². The van der Waals surface area contributed by atoms with Crippen molar-refractivity contribution in [3.63, 3.8) is 0 Å². The summed E-state index contributed by atoms with van der Waals surface area (Å²) < 4.78 is 10.3. The predicted octanol–water partition coefficient (Wildman–Crippen LogP) is 1.43. The SMILES string of the molecule is COc1ccc(OC)c(C(=O)NCCNC(C)C)c1. The number of methoxy groups -OCH3 is 2. The van der Waals surface area contributed by atoms with Crippen LogP contribution in [0.4, 0.5) is 0 Å². The number of ether oxygens (including phenoxy) is 2. The minimum atomic E-state index is -0.165. The number of benzene rings is 1. The monoisotopic (exact) mass is 266 g/mol. The number of carbonyl (C=O) groups is 1. The molecule has 5 heteroatoms. The van der Waals surface area contributed by atoms with Crippen molar-refractivity contribution in [2.24, 2.45) is 0 Å². The van der Waals surface area contributed by atoms with E-state index < -0.39 is 0 Å². The molecule has 106 valence electrons. The quantitative estimate of drug-likeness (QED) is 0.733. The third kappa shape index (κ3) is 4.79. The molecule has 0 aliphatic heterocycles. The second-order valence-electron chi connectivity index (χ2n) is 4.43. The second-order valence-corrected chi connectivity index (χ2v) is 4.43. The molecule has 0 saturated carbocycles. The molecule has 0 spiro atoms. The van der Waals surface area contributed by atoms with Crippen molar-refractivity contribution in [2.75, 3.05) is 27.3 Å². The molecule has 0 atom stereocenters. The molecule has 0 fully saturated rings. The van der Waals surface area contributed by atoms with Gasteiger partial charge in [0.25, 0.3) is 5.91 Å². The van der Waals surface area contributed by atoms with Crippen molar-refractivity contribution >= 4 is 5.91 Å². The zero-order valence-corrected chi connectivity index (χ0v) is 11.9. The van der Waals surface area contributed by atoms with Gasteiger partial charge in [-0.25, -0.2) is 0 Å². The first-order valence-corrected chi connectivity index (χ1v) is 6.32. The molecule has 19 heavy (non-hydrogen) atoms. The van der Waals surface area contributed by atoms with E-state index in [0.29, 0.717) is 29.6 Å². The van der Waals surface area contributed by atoms with Crippen LogP contribution in [0.5, 0.6) is 11.5 Å². The van der Waals surface area contributed by atoms with Crippen LogP contribution in [0.1, 0.15) is 24.2 Å². The highest BCUT2D eigenvalue weighted by atomic mass is 16.5. The summed E-state index contributed by atoms with van der Waals surface area (Å²) >= 11 is 0. The van der Waals surface area contributed by atoms with Gasteiger partial charge in [0.1, 0.15) is 11.5 Å². The molecule has 0 aliphatic rings.